The first-order valence-electron chi connectivity index (χ1n) is 5.59. The van der Waals surface area contributed by atoms with E-state index in [2.05, 4.69) is 0 Å². The molecule has 4 nitrogen and oxygen atoms in total. The van der Waals surface area contributed by atoms with Gasteiger partial charge in [-0.3, -0.25) is 9.59 Å². The molecule has 1 aromatic carbocycles. The molecule has 1 N–H and O–H groups in total. The highest BCUT2D eigenvalue weighted by molar-refractivity contribution is 6.31. The number of carboxylic acids is 1. The molecule has 0 aromatic heterocycles. The van der Waals surface area contributed by atoms with Crippen LogP contribution in [-0.2, 0) is 16.0 Å². The third kappa shape index (κ3) is 5.58. The zero-order chi connectivity index (χ0) is 16.2. The highest BCUT2D eigenvalue weighted by Gasteiger charge is 2.34. The predicted molar refractivity (Wildman–Crippen MR) is 65.4 cm³/mol. The minimum atomic E-state index is -4.76. The fourth-order valence-corrected chi connectivity index (χ4v) is 1.81. The van der Waals surface area contributed by atoms with Crippen LogP contribution in [0.5, 0.6) is 0 Å². The van der Waals surface area contributed by atoms with Crippen LogP contribution in [0.2, 0.25) is 5.02 Å². The first-order chi connectivity index (χ1) is 9.60. The summed E-state index contributed by atoms with van der Waals surface area (Å²) in [5, 5.41) is 8.42. The molecule has 0 atom stereocenters. The highest BCUT2D eigenvalue weighted by Crippen LogP contribution is 2.22. The summed E-state index contributed by atoms with van der Waals surface area (Å²) >= 11 is 5.67. The first kappa shape index (κ1) is 17.2. The van der Waals surface area contributed by atoms with Gasteiger partial charge < -0.3 is 10.0 Å². The number of amides is 1. The lowest BCUT2D eigenvalue weighted by Gasteiger charge is -2.22. The van der Waals surface area contributed by atoms with Gasteiger partial charge in [0.2, 0.25) is 5.91 Å². The maximum Gasteiger partial charge on any atom is 0.406 e. The number of carbonyl (C=O) groups is 2. The van der Waals surface area contributed by atoms with Gasteiger partial charge in [-0.15, -0.1) is 0 Å². The number of nitrogens with zero attached hydrogens (tertiary/aromatic N) is 1. The maximum atomic E-state index is 13.5. The van der Waals surface area contributed by atoms with Crippen LogP contribution in [0.15, 0.2) is 18.2 Å². The molecule has 1 aromatic rings. The average molecular weight is 328 g/mol. The number of halogens is 5. The normalized spacial score (nSPS) is 11.3. The Labute approximate surface area is 121 Å². The smallest absolute Gasteiger partial charge is 0.406 e. The largest absolute Gasteiger partial charge is 0.480 e. The van der Waals surface area contributed by atoms with Crippen LogP contribution in [0.1, 0.15) is 5.56 Å². The molecule has 0 aliphatic heterocycles. The number of benzene rings is 1. The molecular formula is C12H10ClF4NO3. The number of alkyl halides is 3. The maximum absolute atomic E-state index is 13.5. The summed E-state index contributed by atoms with van der Waals surface area (Å²) in [6.45, 7) is -2.87. The summed E-state index contributed by atoms with van der Waals surface area (Å²) in [6.07, 6.45) is -5.51. The van der Waals surface area contributed by atoms with Gasteiger partial charge in [-0.2, -0.15) is 13.2 Å². The van der Waals surface area contributed by atoms with Crippen molar-refractivity contribution in [1.82, 2.24) is 4.90 Å². The molecule has 0 saturated carbocycles. The van der Waals surface area contributed by atoms with Gasteiger partial charge >= 0.3 is 12.1 Å². The van der Waals surface area contributed by atoms with Crippen molar-refractivity contribution in [3.63, 3.8) is 0 Å². The average Bonchev–Trinajstić information content (AvgIpc) is 2.30. The molecule has 0 unspecified atom stereocenters. The van der Waals surface area contributed by atoms with Crippen molar-refractivity contribution in [2.45, 2.75) is 12.6 Å². The Bertz CT molecular complexity index is 528. The Kier molecular flexibility index (Phi) is 5.54. The SMILES string of the molecule is O=C(O)CN(CC(F)(F)F)C(=O)Cc1c(F)cccc1Cl. The fraction of sp³-hybridized carbons (Fsp3) is 0.333. The molecule has 0 aliphatic carbocycles. The lowest BCUT2D eigenvalue weighted by molar-refractivity contribution is -0.165. The summed E-state index contributed by atoms with van der Waals surface area (Å²) in [7, 11) is 0. The van der Waals surface area contributed by atoms with Gasteiger partial charge in [0.25, 0.3) is 0 Å². The van der Waals surface area contributed by atoms with Crippen LogP contribution >= 0.6 is 11.6 Å². The van der Waals surface area contributed by atoms with Crippen molar-refractivity contribution < 1.29 is 32.3 Å². The van der Waals surface area contributed by atoms with Crippen molar-refractivity contribution >= 4 is 23.5 Å². The monoisotopic (exact) mass is 327 g/mol. The van der Waals surface area contributed by atoms with Gasteiger partial charge in [0.15, 0.2) is 0 Å². The molecule has 0 spiro atoms. The van der Waals surface area contributed by atoms with Crippen molar-refractivity contribution in [1.29, 1.82) is 0 Å². The van der Waals surface area contributed by atoms with E-state index in [1.54, 1.807) is 0 Å². The van der Waals surface area contributed by atoms with Crippen LogP contribution < -0.4 is 0 Å². The predicted octanol–water partition coefficient (Wildman–Crippen LogP) is 2.50. The van der Waals surface area contributed by atoms with Crippen molar-refractivity contribution in [2.24, 2.45) is 0 Å². The lowest BCUT2D eigenvalue weighted by atomic mass is 10.1. The van der Waals surface area contributed by atoms with Crippen molar-refractivity contribution in [3.8, 4) is 0 Å². The van der Waals surface area contributed by atoms with Gasteiger partial charge in [0.05, 0.1) is 6.42 Å². The van der Waals surface area contributed by atoms with E-state index in [9.17, 15) is 27.2 Å². The Morgan fingerprint density at radius 3 is 2.38 bits per heavy atom. The van der Waals surface area contributed by atoms with Crippen LogP contribution in [0, 0.1) is 5.82 Å². The second-order valence-corrected chi connectivity index (χ2v) is 4.54. The summed E-state index contributed by atoms with van der Waals surface area (Å²) in [5.41, 5.74) is -0.276. The quantitative estimate of drug-likeness (QED) is 0.845. The molecule has 9 heteroatoms. The van der Waals surface area contributed by atoms with Crippen molar-refractivity contribution in [2.75, 3.05) is 13.1 Å². The third-order valence-electron chi connectivity index (χ3n) is 2.44. The van der Waals surface area contributed by atoms with E-state index in [-0.39, 0.29) is 15.5 Å². The Balaban J connectivity index is 2.93. The van der Waals surface area contributed by atoms with Gasteiger partial charge in [0.1, 0.15) is 18.9 Å². The van der Waals surface area contributed by atoms with E-state index in [1.807, 2.05) is 0 Å². The molecule has 116 valence electrons. The molecule has 0 heterocycles. The van der Waals surface area contributed by atoms with Gasteiger partial charge in [-0.1, -0.05) is 17.7 Å². The number of hydrogen-bond donors (Lipinski definition) is 1. The topological polar surface area (TPSA) is 57.6 Å². The summed E-state index contributed by atoms with van der Waals surface area (Å²) in [6, 6.07) is 3.55. The van der Waals surface area contributed by atoms with E-state index >= 15 is 0 Å². The summed E-state index contributed by atoms with van der Waals surface area (Å²) < 4.78 is 50.5. The number of carboxylic acid groups (broad SMARTS) is 1. The second-order valence-electron chi connectivity index (χ2n) is 4.14. The molecule has 21 heavy (non-hydrogen) atoms. The minimum absolute atomic E-state index is 0.0884. The number of aliphatic carboxylic acids is 1. The molecule has 0 fully saturated rings. The van der Waals surface area contributed by atoms with Crippen LogP contribution in [-0.4, -0.2) is 41.1 Å². The minimum Gasteiger partial charge on any atom is -0.480 e. The fourth-order valence-electron chi connectivity index (χ4n) is 1.58. The summed E-state index contributed by atoms with van der Waals surface area (Å²) in [5.74, 6) is -3.63. The van der Waals surface area contributed by atoms with Crippen LogP contribution in [0.25, 0.3) is 0 Å². The van der Waals surface area contributed by atoms with Gasteiger partial charge in [-0.05, 0) is 12.1 Å². The Hall–Kier alpha value is -1.83. The zero-order valence-corrected chi connectivity index (χ0v) is 11.2. The Morgan fingerprint density at radius 1 is 1.29 bits per heavy atom. The molecule has 0 bridgehead atoms. The lowest BCUT2D eigenvalue weighted by Crippen LogP contribution is -2.42. The molecule has 0 saturated heterocycles. The number of rotatable bonds is 5. The summed E-state index contributed by atoms with van der Waals surface area (Å²) in [4.78, 5) is 22.4. The van der Waals surface area contributed by atoms with E-state index in [0.29, 0.717) is 0 Å². The molecule has 1 rings (SSSR count). The van der Waals surface area contributed by atoms with E-state index < -0.39 is 43.4 Å². The zero-order valence-electron chi connectivity index (χ0n) is 10.5. The van der Waals surface area contributed by atoms with Crippen LogP contribution in [0.4, 0.5) is 17.6 Å². The standard InChI is InChI=1S/C12H10ClF4NO3/c13-8-2-1-3-9(14)7(8)4-10(19)18(5-11(20)21)6-12(15,16)17/h1-3H,4-6H2,(H,20,21). The molecular weight excluding hydrogens is 318 g/mol. The first-order valence-corrected chi connectivity index (χ1v) is 5.97. The Morgan fingerprint density at radius 2 is 1.90 bits per heavy atom. The second kappa shape index (κ2) is 6.75. The van der Waals surface area contributed by atoms with Crippen LogP contribution in [0.3, 0.4) is 0 Å². The molecule has 0 radical (unpaired) electrons. The van der Waals surface area contributed by atoms with Gasteiger partial charge in [-0.25, -0.2) is 4.39 Å². The number of hydrogen-bond acceptors (Lipinski definition) is 2. The highest BCUT2D eigenvalue weighted by atomic mass is 35.5. The molecule has 0 aliphatic rings. The molecule has 1 amide bonds. The van der Waals surface area contributed by atoms with E-state index in [0.717, 1.165) is 6.07 Å². The van der Waals surface area contributed by atoms with Crippen molar-refractivity contribution in [3.05, 3.63) is 34.6 Å². The third-order valence-corrected chi connectivity index (χ3v) is 2.79. The van der Waals surface area contributed by atoms with E-state index in [1.165, 1.54) is 12.1 Å². The van der Waals surface area contributed by atoms with Gasteiger partial charge in [0, 0.05) is 10.6 Å². The van der Waals surface area contributed by atoms with E-state index in [4.69, 9.17) is 16.7 Å². The number of carbonyl (C=O) groups excluding carboxylic acids is 1.